The molecule has 0 saturated carbocycles. The first-order valence-electron chi connectivity index (χ1n) is 5.99. The summed E-state index contributed by atoms with van der Waals surface area (Å²) < 4.78 is 26.7. The molecule has 2 rings (SSSR count). The van der Waals surface area contributed by atoms with Gasteiger partial charge in [-0.2, -0.15) is 4.31 Å². The second-order valence-electron chi connectivity index (χ2n) is 4.49. The molecule has 0 saturated heterocycles. The molecule has 0 radical (unpaired) electrons. The molecule has 0 bridgehead atoms. The van der Waals surface area contributed by atoms with Gasteiger partial charge in [0.1, 0.15) is 0 Å². The molecule has 0 amide bonds. The van der Waals surface area contributed by atoms with E-state index < -0.39 is 10.0 Å². The van der Waals surface area contributed by atoms with Crippen molar-refractivity contribution >= 4 is 31.6 Å². The van der Waals surface area contributed by atoms with Crippen LogP contribution in [-0.2, 0) is 23.0 Å². The predicted octanol–water partition coefficient (Wildman–Crippen LogP) is 2.13. The van der Waals surface area contributed by atoms with Crippen LogP contribution in [0.15, 0.2) is 16.6 Å². The van der Waals surface area contributed by atoms with Crippen molar-refractivity contribution in [3.63, 3.8) is 0 Å². The Morgan fingerprint density at radius 1 is 1.39 bits per heavy atom. The Bertz CT molecular complexity index is 557. The third kappa shape index (κ3) is 2.55. The number of nitrogens with zero attached hydrogens (tertiary/aromatic N) is 1. The van der Waals surface area contributed by atoms with Gasteiger partial charge in [0.15, 0.2) is 0 Å². The number of sulfonamides is 1. The van der Waals surface area contributed by atoms with Crippen molar-refractivity contribution in [3.05, 3.63) is 27.7 Å². The van der Waals surface area contributed by atoms with Crippen molar-refractivity contribution in [2.75, 3.05) is 18.0 Å². The molecule has 100 valence electrons. The maximum Gasteiger partial charge on any atom is 0.214 e. The fourth-order valence-electron chi connectivity index (χ4n) is 2.26. The standard InChI is InChI=1S/C12H17BrN2O2S/c1-2-7-18(16,17)15-6-5-9-10(8-15)12(14)4-3-11(9)13/h3-4H,2,5-8,14H2,1H3. The zero-order chi connectivity index (χ0) is 13.3. The molecule has 1 heterocycles. The van der Waals surface area contributed by atoms with E-state index in [0.717, 1.165) is 15.6 Å². The van der Waals surface area contributed by atoms with E-state index in [1.807, 2.05) is 19.1 Å². The minimum absolute atomic E-state index is 0.205. The second kappa shape index (κ2) is 5.19. The number of benzene rings is 1. The molecule has 1 aromatic rings. The number of anilines is 1. The number of fused-ring (bicyclic) bond motifs is 1. The molecular formula is C12H17BrN2O2S. The maximum absolute atomic E-state index is 12.1. The molecular weight excluding hydrogens is 316 g/mol. The molecule has 0 fully saturated rings. The topological polar surface area (TPSA) is 63.4 Å². The van der Waals surface area contributed by atoms with E-state index in [1.54, 1.807) is 4.31 Å². The first-order valence-corrected chi connectivity index (χ1v) is 8.39. The van der Waals surface area contributed by atoms with Crippen LogP contribution in [0.3, 0.4) is 0 Å². The molecule has 0 aromatic heterocycles. The van der Waals surface area contributed by atoms with Crippen LogP contribution >= 0.6 is 15.9 Å². The van der Waals surface area contributed by atoms with E-state index in [4.69, 9.17) is 5.73 Å². The van der Waals surface area contributed by atoms with Crippen LogP contribution in [0.25, 0.3) is 0 Å². The van der Waals surface area contributed by atoms with Crippen molar-refractivity contribution < 1.29 is 8.42 Å². The fourth-order valence-corrected chi connectivity index (χ4v) is 4.30. The summed E-state index contributed by atoms with van der Waals surface area (Å²) in [5.74, 6) is 0.205. The van der Waals surface area contributed by atoms with Crippen LogP contribution in [-0.4, -0.2) is 25.0 Å². The van der Waals surface area contributed by atoms with E-state index >= 15 is 0 Å². The molecule has 18 heavy (non-hydrogen) atoms. The van der Waals surface area contributed by atoms with Gasteiger partial charge in [0.05, 0.1) is 5.75 Å². The average molecular weight is 333 g/mol. The highest BCUT2D eigenvalue weighted by Gasteiger charge is 2.27. The van der Waals surface area contributed by atoms with Gasteiger partial charge in [-0.1, -0.05) is 22.9 Å². The first kappa shape index (κ1) is 13.8. The summed E-state index contributed by atoms with van der Waals surface area (Å²) >= 11 is 3.49. The summed E-state index contributed by atoms with van der Waals surface area (Å²) in [4.78, 5) is 0. The lowest BCUT2D eigenvalue weighted by atomic mass is 9.99. The van der Waals surface area contributed by atoms with E-state index in [1.165, 1.54) is 0 Å². The highest BCUT2D eigenvalue weighted by atomic mass is 79.9. The number of rotatable bonds is 3. The zero-order valence-electron chi connectivity index (χ0n) is 10.3. The molecule has 0 spiro atoms. The molecule has 2 N–H and O–H groups in total. The van der Waals surface area contributed by atoms with Crippen LogP contribution < -0.4 is 5.73 Å². The minimum atomic E-state index is -3.14. The third-order valence-electron chi connectivity index (χ3n) is 3.21. The highest BCUT2D eigenvalue weighted by molar-refractivity contribution is 9.10. The van der Waals surface area contributed by atoms with E-state index in [2.05, 4.69) is 15.9 Å². The van der Waals surface area contributed by atoms with Crippen molar-refractivity contribution in [2.24, 2.45) is 0 Å². The van der Waals surface area contributed by atoms with Crippen LogP contribution in [0.1, 0.15) is 24.5 Å². The quantitative estimate of drug-likeness (QED) is 0.862. The van der Waals surface area contributed by atoms with Gasteiger partial charge >= 0.3 is 0 Å². The van der Waals surface area contributed by atoms with Gasteiger partial charge in [0.25, 0.3) is 0 Å². The Balaban J connectivity index is 2.33. The van der Waals surface area contributed by atoms with Crippen molar-refractivity contribution in [1.82, 2.24) is 4.31 Å². The Hall–Kier alpha value is -0.590. The molecule has 0 unspecified atom stereocenters. The smallest absolute Gasteiger partial charge is 0.214 e. The van der Waals surface area contributed by atoms with Gasteiger partial charge in [0.2, 0.25) is 10.0 Å². The number of hydrogen-bond donors (Lipinski definition) is 1. The Morgan fingerprint density at radius 2 is 2.11 bits per heavy atom. The number of hydrogen-bond acceptors (Lipinski definition) is 3. The maximum atomic E-state index is 12.1. The Kier molecular flexibility index (Phi) is 3.99. The molecule has 1 aliphatic heterocycles. The monoisotopic (exact) mass is 332 g/mol. The van der Waals surface area contributed by atoms with E-state index in [9.17, 15) is 8.42 Å². The highest BCUT2D eigenvalue weighted by Crippen LogP contribution is 2.31. The summed E-state index contributed by atoms with van der Waals surface area (Å²) in [5, 5.41) is 0. The SMILES string of the molecule is CCCS(=O)(=O)N1CCc2c(Br)ccc(N)c2C1. The third-order valence-corrected chi connectivity index (χ3v) is 5.98. The van der Waals surface area contributed by atoms with Gasteiger partial charge in [-0.3, -0.25) is 0 Å². The summed E-state index contributed by atoms with van der Waals surface area (Å²) in [6, 6.07) is 3.74. The van der Waals surface area contributed by atoms with Gasteiger partial charge in [-0.25, -0.2) is 8.42 Å². The molecule has 1 aromatic carbocycles. The first-order chi connectivity index (χ1) is 8.45. The average Bonchev–Trinajstić information content (AvgIpc) is 2.33. The van der Waals surface area contributed by atoms with Crippen molar-refractivity contribution in [2.45, 2.75) is 26.3 Å². The summed E-state index contributed by atoms with van der Waals surface area (Å²) in [7, 11) is -3.14. The lowest BCUT2D eigenvalue weighted by Crippen LogP contribution is -2.37. The normalized spacial score (nSPS) is 16.6. The van der Waals surface area contributed by atoms with Crippen LogP contribution in [0.5, 0.6) is 0 Å². The van der Waals surface area contributed by atoms with Crippen LogP contribution in [0.2, 0.25) is 0 Å². The molecule has 6 heteroatoms. The Morgan fingerprint density at radius 3 is 2.78 bits per heavy atom. The summed E-state index contributed by atoms with van der Waals surface area (Å²) in [6.07, 6.45) is 1.35. The molecule has 4 nitrogen and oxygen atoms in total. The van der Waals surface area contributed by atoms with E-state index in [-0.39, 0.29) is 5.75 Å². The number of nitrogens with two attached hydrogens (primary N) is 1. The number of nitrogen functional groups attached to an aromatic ring is 1. The Labute approximate surface area is 116 Å². The van der Waals surface area contributed by atoms with E-state index in [0.29, 0.717) is 31.6 Å². The van der Waals surface area contributed by atoms with Gasteiger partial charge in [0, 0.05) is 23.2 Å². The molecule has 0 aliphatic carbocycles. The number of halogens is 1. The summed E-state index contributed by atoms with van der Waals surface area (Å²) in [6.45, 7) is 2.81. The van der Waals surface area contributed by atoms with Crippen molar-refractivity contribution in [1.29, 1.82) is 0 Å². The van der Waals surface area contributed by atoms with Gasteiger partial charge < -0.3 is 5.73 Å². The lowest BCUT2D eigenvalue weighted by molar-refractivity contribution is 0.391. The second-order valence-corrected chi connectivity index (χ2v) is 7.44. The largest absolute Gasteiger partial charge is 0.398 e. The molecule has 1 aliphatic rings. The zero-order valence-corrected chi connectivity index (χ0v) is 12.7. The predicted molar refractivity (Wildman–Crippen MR) is 76.7 cm³/mol. The van der Waals surface area contributed by atoms with Gasteiger partial charge in [-0.05, 0) is 36.1 Å². The minimum Gasteiger partial charge on any atom is -0.398 e. The lowest BCUT2D eigenvalue weighted by Gasteiger charge is -2.29. The van der Waals surface area contributed by atoms with Crippen LogP contribution in [0, 0.1) is 0 Å². The van der Waals surface area contributed by atoms with Crippen molar-refractivity contribution in [3.8, 4) is 0 Å². The van der Waals surface area contributed by atoms with Crippen LogP contribution in [0.4, 0.5) is 5.69 Å². The summed E-state index contributed by atoms with van der Waals surface area (Å²) in [5.41, 5.74) is 8.70. The molecule has 0 atom stereocenters. The van der Waals surface area contributed by atoms with Gasteiger partial charge in [-0.15, -0.1) is 0 Å². The fraction of sp³-hybridized carbons (Fsp3) is 0.500.